The van der Waals surface area contributed by atoms with E-state index < -0.39 is 12.1 Å². The Morgan fingerprint density at radius 3 is 2.92 bits per heavy atom. The zero-order valence-corrected chi connectivity index (χ0v) is 14.7. The van der Waals surface area contributed by atoms with Crippen molar-refractivity contribution < 1.29 is 14.7 Å². The van der Waals surface area contributed by atoms with Gasteiger partial charge < -0.3 is 21.5 Å². The highest BCUT2D eigenvalue weighted by atomic mass is 16.4. The van der Waals surface area contributed by atoms with Crippen molar-refractivity contribution in [3.05, 3.63) is 23.9 Å². The van der Waals surface area contributed by atoms with Crippen LogP contribution >= 0.6 is 0 Å². The van der Waals surface area contributed by atoms with E-state index in [0.29, 0.717) is 31.1 Å². The first kappa shape index (κ1) is 19.2. The van der Waals surface area contributed by atoms with Crippen LogP contribution in [-0.4, -0.2) is 41.1 Å². The molecular weight excluding hydrogens is 320 g/mol. The Hall–Kier alpha value is -2.15. The number of nitrogens with one attached hydrogen (secondary N) is 2. The fourth-order valence-electron chi connectivity index (χ4n) is 3.52. The van der Waals surface area contributed by atoms with Gasteiger partial charge in [-0.2, -0.15) is 0 Å². The first-order valence-corrected chi connectivity index (χ1v) is 8.95. The average molecular weight is 348 g/mol. The van der Waals surface area contributed by atoms with Gasteiger partial charge in [-0.05, 0) is 49.8 Å². The molecule has 138 valence electrons. The molecule has 0 aromatic carbocycles. The van der Waals surface area contributed by atoms with Crippen molar-refractivity contribution in [3.63, 3.8) is 0 Å². The third-order valence-corrected chi connectivity index (χ3v) is 4.96. The lowest BCUT2D eigenvalue weighted by molar-refractivity contribution is -0.127. The molecule has 1 saturated heterocycles. The Kier molecular flexibility index (Phi) is 7.18. The molecule has 0 spiro atoms. The summed E-state index contributed by atoms with van der Waals surface area (Å²) in [6, 6.07) is 2.99. The van der Waals surface area contributed by atoms with E-state index in [1.807, 2.05) is 6.07 Å². The highest BCUT2D eigenvalue weighted by Gasteiger charge is 2.34. The molecule has 1 aliphatic rings. The molecule has 7 nitrogen and oxygen atoms in total. The number of piperidine rings is 1. The van der Waals surface area contributed by atoms with Crippen molar-refractivity contribution in [2.75, 3.05) is 18.8 Å². The van der Waals surface area contributed by atoms with Crippen LogP contribution in [0, 0.1) is 11.8 Å². The molecule has 1 amide bonds. The summed E-state index contributed by atoms with van der Waals surface area (Å²) in [7, 11) is 0. The van der Waals surface area contributed by atoms with Crippen molar-refractivity contribution >= 4 is 17.7 Å². The highest BCUT2D eigenvalue weighted by molar-refractivity contribution is 5.89. The molecule has 5 N–H and O–H groups in total. The number of amides is 1. The van der Waals surface area contributed by atoms with Gasteiger partial charge in [-0.25, -0.2) is 9.78 Å². The van der Waals surface area contributed by atoms with Crippen LogP contribution in [0.2, 0.25) is 0 Å². The SMILES string of the molecule is CCC1CCNCC1C(=O)[C@H](CCCc1ccc(N)nc1)NC(=O)O. The van der Waals surface area contributed by atoms with Crippen LogP contribution in [0.3, 0.4) is 0 Å². The summed E-state index contributed by atoms with van der Waals surface area (Å²) in [5.74, 6) is 0.693. The Bertz CT molecular complexity index is 576. The summed E-state index contributed by atoms with van der Waals surface area (Å²) in [6.45, 7) is 3.64. The molecule has 3 atom stereocenters. The predicted octanol–water partition coefficient (Wildman–Crippen LogP) is 1.83. The molecule has 2 rings (SSSR count). The van der Waals surface area contributed by atoms with Crippen molar-refractivity contribution in [2.45, 2.75) is 45.1 Å². The summed E-state index contributed by atoms with van der Waals surface area (Å²) in [5, 5.41) is 14.8. The first-order valence-electron chi connectivity index (χ1n) is 8.95. The van der Waals surface area contributed by atoms with Crippen LogP contribution in [-0.2, 0) is 11.2 Å². The molecule has 1 fully saturated rings. The smallest absolute Gasteiger partial charge is 0.405 e. The van der Waals surface area contributed by atoms with Crippen LogP contribution < -0.4 is 16.4 Å². The number of ketones is 1. The zero-order valence-electron chi connectivity index (χ0n) is 14.7. The predicted molar refractivity (Wildman–Crippen MR) is 96.3 cm³/mol. The quantitative estimate of drug-likeness (QED) is 0.569. The summed E-state index contributed by atoms with van der Waals surface area (Å²) in [4.78, 5) is 28.1. The minimum Gasteiger partial charge on any atom is -0.465 e. The maximum Gasteiger partial charge on any atom is 0.405 e. The molecule has 0 saturated carbocycles. The number of carboxylic acid groups (broad SMARTS) is 1. The number of hydrogen-bond acceptors (Lipinski definition) is 5. The number of aryl methyl sites for hydroxylation is 1. The van der Waals surface area contributed by atoms with E-state index in [2.05, 4.69) is 22.5 Å². The molecule has 7 heteroatoms. The molecule has 25 heavy (non-hydrogen) atoms. The number of carbonyl (C=O) groups excluding carboxylic acids is 1. The van der Waals surface area contributed by atoms with Crippen LogP contribution in [0.4, 0.5) is 10.6 Å². The van der Waals surface area contributed by atoms with Crippen molar-refractivity contribution in [1.29, 1.82) is 0 Å². The number of carbonyl (C=O) groups is 2. The van der Waals surface area contributed by atoms with Gasteiger partial charge in [-0.15, -0.1) is 0 Å². The zero-order chi connectivity index (χ0) is 18.2. The molecule has 2 heterocycles. The summed E-state index contributed by atoms with van der Waals surface area (Å²) in [6.07, 6.45) is 4.40. The van der Waals surface area contributed by atoms with Gasteiger partial charge in [0, 0.05) is 18.7 Å². The lowest BCUT2D eigenvalue weighted by Crippen LogP contribution is -2.49. The van der Waals surface area contributed by atoms with Gasteiger partial charge in [0.2, 0.25) is 0 Å². The maximum atomic E-state index is 12.9. The summed E-state index contributed by atoms with van der Waals surface area (Å²) >= 11 is 0. The maximum absolute atomic E-state index is 12.9. The van der Waals surface area contributed by atoms with Gasteiger partial charge in [-0.3, -0.25) is 4.79 Å². The van der Waals surface area contributed by atoms with Crippen molar-refractivity contribution in [3.8, 4) is 0 Å². The molecule has 0 aliphatic carbocycles. The number of anilines is 1. The number of nitrogens with zero attached hydrogens (tertiary/aromatic N) is 1. The van der Waals surface area contributed by atoms with Gasteiger partial charge in [0.25, 0.3) is 0 Å². The number of rotatable bonds is 8. The first-order chi connectivity index (χ1) is 12.0. The Balaban J connectivity index is 1.95. The average Bonchev–Trinajstić information content (AvgIpc) is 2.61. The van der Waals surface area contributed by atoms with E-state index in [1.165, 1.54) is 0 Å². The van der Waals surface area contributed by atoms with E-state index in [1.54, 1.807) is 12.3 Å². The van der Waals surface area contributed by atoms with Crippen LogP contribution in [0.25, 0.3) is 0 Å². The molecule has 1 aliphatic heterocycles. The second-order valence-electron chi connectivity index (χ2n) is 6.66. The normalized spacial score (nSPS) is 21.5. The van der Waals surface area contributed by atoms with E-state index >= 15 is 0 Å². The third kappa shape index (κ3) is 5.70. The third-order valence-electron chi connectivity index (χ3n) is 4.96. The number of aromatic nitrogens is 1. The molecular formula is C18H28N4O3. The molecule has 0 bridgehead atoms. The van der Waals surface area contributed by atoms with Crippen molar-refractivity contribution in [2.24, 2.45) is 11.8 Å². The molecule has 1 aromatic rings. The van der Waals surface area contributed by atoms with Crippen LogP contribution in [0.15, 0.2) is 18.3 Å². The second kappa shape index (κ2) is 9.36. The number of nitrogens with two attached hydrogens (primary N) is 1. The molecule has 0 radical (unpaired) electrons. The fraction of sp³-hybridized carbons (Fsp3) is 0.611. The van der Waals surface area contributed by atoms with Crippen LogP contribution in [0.5, 0.6) is 0 Å². The summed E-state index contributed by atoms with van der Waals surface area (Å²) < 4.78 is 0. The fourth-order valence-corrected chi connectivity index (χ4v) is 3.52. The van der Waals surface area contributed by atoms with Gasteiger partial charge in [0.05, 0.1) is 6.04 Å². The van der Waals surface area contributed by atoms with E-state index in [4.69, 9.17) is 10.8 Å². The standard InChI is InChI=1S/C18H28N4O3/c1-2-13-8-9-20-11-14(13)17(23)15(22-18(24)25)5-3-4-12-6-7-16(19)21-10-12/h6-7,10,13-15,20,22H,2-5,8-9,11H2,1H3,(H2,19,21)(H,24,25)/t13?,14?,15-/m0/s1. The van der Waals surface area contributed by atoms with E-state index in [-0.39, 0.29) is 11.7 Å². The number of nitrogen functional groups attached to an aromatic ring is 1. The monoisotopic (exact) mass is 348 g/mol. The lowest BCUT2D eigenvalue weighted by Gasteiger charge is -2.32. The Morgan fingerprint density at radius 2 is 2.28 bits per heavy atom. The number of hydrogen-bond donors (Lipinski definition) is 4. The Labute approximate surface area is 148 Å². The topological polar surface area (TPSA) is 117 Å². The lowest BCUT2D eigenvalue weighted by atomic mass is 9.79. The van der Waals surface area contributed by atoms with Gasteiger partial charge in [0.1, 0.15) is 5.82 Å². The van der Waals surface area contributed by atoms with E-state index in [0.717, 1.165) is 31.4 Å². The number of pyridine rings is 1. The van der Waals surface area contributed by atoms with Crippen LogP contribution in [0.1, 0.15) is 38.2 Å². The number of Topliss-reactive ketones (excluding diaryl/α,β-unsaturated/α-hetero) is 1. The minimum atomic E-state index is -1.15. The molecule has 1 aromatic heterocycles. The Morgan fingerprint density at radius 1 is 1.48 bits per heavy atom. The van der Waals surface area contributed by atoms with Gasteiger partial charge >= 0.3 is 6.09 Å². The van der Waals surface area contributed by atoms with Gasteiger partial charge in [-0.1, -0.05) is 19.4 Å². The largest absolute Gasteiger partial charge is 0.465 e. The summed E-state index contributed by atoms with van der Waals surface area (Å²) in [5.41, 5.74) is 6.60. The molecule has 2 unspecified atom stereocenters. The van der Waals surface area contributed by atoms with E-state index in [9.17, 15) is 9.59 Å². The van der Waals surface area contributed by atoms with Crippen molar-refractivity contribution in [1.82, 2.24) is 15.6 Å². The van der Waals surface area contributed by atoms with Gasteiger partial charge in [0.15, 0.2) is 5.78 Å². The highest BCUT2D eigenvalue weighted by Crippen LogP contribution is 2.25. The minimum absolute atomic E-state index is 0.0110. The second-order valence-corrected chi connectivity index (χ2v) is 6.66.